The van der Waals surface area contributed by atoms with Gasteiger partial charge in [-0.05, 0) is 38.5 Å². The van der Waals surface area contributed by atoms with Crippen LogP contribution < -0.4 is 5.32 Å². The topological polar surface area (TPSA) is 35.9 Å². The molecule has 0 aromatic rings. The maximum Gasteiger partial charge on any atom is 0.0928 e. The van der Waals surface area contributed by atoms with Crippen molar-refractivity contribution < 1.29 is 0 Å². The van der Waals surface area contributed by atoms with Crippen molar-refractivity contribution in [2.24, 2.45) is 0 Å². The van der Waals surface area contributed by atoms with E-state index >= 15 is 0 Å². The minimum absolute atomic E-state index is 0.855. The Bertz CT molecular complexity index is 121. The lowest BCUT2D eigenvalue weighted by atomic mass is 10.7. The van der Waals surface area contributed by atoms with Gasteiger partial charge in [0.25, 0.3) is 0 Å². The Morgan fingerprint density at radius 3 is 2.50 bits per heavy atom. The van der Waals surface area contributed by atoms with E-state index in [0.29, 0.717) is 0 Å². The SMILES string of the molecule is CN/C(Br)=C(/I)C=N. The predicted molar refractivity (Wildman–Crippen MR) is 47.8 cm³/mol. The normalized spacial score (nSPS) is 12.4. The molecule has 0 spiro atoms. The molecule has 4 heteroatoms. The Morgan fingerprint density at radius 1 is 1.88 bits per heavy atom. The fraction of sp³-hybridized carbons (Fsp3) is 0.250. The predicted octanol–water partition coefficient (Wildman–Crippen LogP) is 1.85. The highest BCUT2D eigenvalue weighted by Crippen LogP contribution is 2.11. The second-order valence-electron chi connectivity index (χ2n) is 1.06. The van der Waals surface area contributed by atoms with Crippen molar-refractivity contribution in [3.63, 3.8) is 0 Å². The molecule has 46 valence electrons. The van der Waals surface area contributed by atoms with Crippen LogP contribution in [0.2, 0.25) is 0 Å². The van der Waals surface area contributed by atoms with Crippen LogP contribution in [0.1, 0.15) is 0 Å². The van der Waals surface area contributed by atoms with Gasteiger partial charge in [-0.1, -0.05) is 0 Å². The van der Waals surface area contributed by atoms with Gasteiger partial charge in [-0.3, -0.25) is 0 Å². The quantitative estimate of drug-likeness (QED) is 0.454. The van der Waals surface area contributed by atoms with Crippen molar-refractivity contribution in [1.29, 1.82) is 5.41 Å². The standard InChI is InChI=1S/C4H6BrIN2/c1-8-4(5)3(6)2-7/h2,7-8H,1H3/b4-3+,7-2?. The van der Waals surface area contributed by atoms with Gasteiger partial charge in [0.1, 0.15) is 0 Å². The van der Waals surface area contributed by atoms with Crippen molar-refractivity contribution >= 4 is 44.7 Å². The molecule has 2 N–H and O–H groups in total. The summed E-state index contributed by atoms with van der Waals surface area (Å²) >= 11 is 5.27. The van der Waals surface area contributed by atoms with Crippen LogP contribution in [0.25, 0.3) is 0 Å². The van der Waals surface area contributed by atoms with E-state index in [2.05, 4.69) is 43.8 Å². The maximum absolute atomic E-state index is 6.78. The zero-order chi connectivity index (χ0) is 6.57. The van der Waals surface area contributed by atoms with Gasteiger partial charge < -0.3 is 10.7 Å². The molecule has 8 heavy (non-hydrogen) atoms. The van der Waals surface area contributed by atoms with Crippen molar-refractivity contribution in [2.75, 3.05) is 7.05 Å². The molecule has 0 bridgehead atoms. The molecule has 0 aliphatic heterocycles. The van der Waals surface area contributed by atoms with E-state index in [0.717, 1.165) is 8.19 Å². The van der Waals surface area contributed by atoms with E-state index < -0.39 is 0 Å². The number of hydrogen-bond donors (Lipinski definition) is 2. The highest BCUT2D eigenvalue weighted by molar-refractivity contribution is 14.1. The number of allylic oxidation sites excluding steroid dienone is 1. The third kappa shape index (κ3) is 2.66. The Morgan fingerprint density at radius 2 is 2.38 bits per heavy atom. The average molecular weight is 289 g/mol. The Labute approximate surface area is 70.5 Å². The van der Waals surface area contributed by atoms with Crippen LogP contribution in [0.5, 0.6) is 0 Å². The Hall–Kier alpha value is 0.420. The molecule has 0 aliphatic rings. The lowest BCUT2D eigenvalue weighted by Gasteiger charge is -1.94. The van der Waals surface area contributed by atoms with Crippen molar-refractivity contribution in [2.45, 2.75) is 0 Å². The maximum atomic E-state index is 6.78. The third-order valence-corrected chi connectivity index (χ3v) is 2.97. The zero-order valence-electron chi connectivity index (χ0n) is 4.33. The molecule has 0 aromatic heterocycles. The lowest BCUT2D eigenvalue weighted by Crippen LogP contribution is -2.00. The van der Waals surface area contributed by atoms with E-state index in [1.54, 1.807) is 7.05 Å². The fourth-order valence-electron chi connectivity index (χ4n) is 0.183. The molecule has 0 radical (unpaired) electrons. The molecule has 0 rings (SSSR count). The first kappa shape index (κ1) is 8.42. The van der Waals surface area contributed by atoms with E-state index in [1.807, 2.05) is 0 Å². The molecular formula is C4H6BrIN2. The molecule has 0 atom stereocenters. The molecule has 0 fully saturated rings. The first-order valence-corrected chi connectivity index (χ1v) is 3.83. The molecule has 0 aromatic carbocycles. The van der Waals surface area contributed by atoms with Crippen LogP contribution in [0, 0.1) is 5.41 Å². The van der Waals surface area contributed by atoms with E-state index in [-0.39, 0.29) is 0 Å². The minimum Gasteiger partial charge on any atom is -0.382 e. The summed E-state index contributed by atoms with van der Waals surface area (Å²) in [6, 6.07) is 0. The van der Waals surface area contributed by atoms with Gasteiger partial charge in [0.2, 0.25) is 0 Å². The summed E-state index contributed by atoms with van der Waals surface area (Å²) in [5.74, 6) is 0. The Kier molecular flexibility index (Phi) is 4.54. The first-order valence-electron chi connectivity index (χ1n) is 1.96. The van der Waals surface area contributed by atoms with Gasteiger partial charge in [0.15, 0.2) is 0 Å². The molecule has 0 saturated carbocycles. The van der Waals surface area contributed by atoms with Crippen LogP contribution in [-0.4, -0.2) is 13.3 Å². The van der Waals surface area contributed by atoms with Crippen LogP contribution in [0.3, 0.4) is 0 Å². The summed E-state index contributed by atoms with van der Waals surface area (Å²) in [5, 5.41) is 9.64. The minimum atomic E-state index is 0.855. The molecular weight excluding hydrogens is 283 g/mol. The van der Waals surface area contributed by atoms with Crippen molar-refractivity contribution in [3.05, 3.63) is 8.19 Å². The van der Waals surface area contributed by atoms with E-state index in [4.69, 9.17) is 5.41 Å². The summed E-state index contributed by atoms with van der Waals surface area (Å²) in [4.78, 5) is 0. The lowest BCUT2D eigenvalue weighted by molar-refractivity contribution is 1.09. The number of rotatable bonds is 2. The van der Waals surface area contributed by atoms with Crippen molar-refractivity contribution in [1.82, 2.24) is 5.32 Å². The van der Waals surface area contributed by atoms with Gasteiger partial charge in [0, 0.05) is 13.3 Å². The van der Waals surface area contributed by atoms with Gasteiger partial charge in [-0.2, -0.15) is 0 Å². The Balaban J connectivity index is 4.03. The highest BCUT2D eigenvalue weighted by Gasteiger charge is 1.90. The molecule has 2 nitrogen and oxygen atoms in total. The van der Waals surface area contributed by atoms with Gasteiger partial charge in [-0.25, -0.2) is 0 Å². The first-order chi connectivity index (χ1) is 3.72. The molecule has 0 heterocycles. The monoisotopic (exact) mass is 288 g/mol. The average Bonchev–Trinajstić information content (AvgIpc) is 1.84. The zero-order valence-corrected chi connectivity index (χ0v) is 8.08. The summed E-state index contributed by atoms with van der Waals surface area (Å²) in [7, 11) is 1.80. The summed E-state index contributed by atoms with van der Waals surface area (Å²) < 4.78 is 1.72. The van der Waals surface area contributed by atoms with Crippen LogP contribution in [-0.2, 0) is 0 Å². The molecule has 0 saturated heterocycles. The summed E-state index contributed by atoms with van der Waals surface area (Å²) in [6.45, 7) is 0. The molecule has 0 unspecified atom stereocenters. The van der Waals surface area contributed by atoms with Crippen LogP contribution in [0.15, 0.2) is 8.19 Å². The third-order valence-electron chi connectivity index (χ3n) is 0.556. The second kappa shape index (κ2) is 4.31. The van der Waals surface area contributed by atoms with Gasteiger partial charge in [-0.15, -0.1) is 0 Å². The highest BCUT2D eigenvalue weighted by atomic mass is 127. The van der Waals surface area contributed by atoms with Crippen molar-refractivity contribution in [3.8, 4) is 0 Å². The fourth-order valence-corrected chi connectivity index (χ4v) is 0.567. The smallest absolute Gasteiger partial charge is 0.0928 e. The number of hydrogen-bond acceptors (Lipinski definition) is 2. The van der Waals surface area contributed by atoms with Crippen LogP contribution >= 0.6 is 38.5 Å². The number of halogens is 2. The summed E-state index contributed by atoms with van der Waals surface area (Å²) in [5.41, 5.74) is 0. The molecule has 0 aliphatic carbocycles. The van der Waals surface area contributed by atoms with E-state index in [9.17, 15) is 0 Å². The van der Waals surface area contributed by atoms with Crippen LogP contribution in [0.4, 0.5) is 0 Å². The summed E-state index contributed by atoms with van der Waals surface area (Å²) in [6.07, 6.45) is 1.28. The number of nitrogens with one attached hydrogen (secondary N) is 2. The second-order valence-corrected chi connectivity index (χ2v) is 3.01. The molecule has 0 amide bonds. The van der Waals surface area contributed by atoms with Gasteiger partial charge >= 0.3 is 0 Å². The van der Waals surface area contributed by atoms with Gasteiger partial charge in [0.05, 0.1) is 8.19 Å². The largest absolute Gasteiger partial charge is 0.382 e. The van der Waals surface area contributed by atoms with E-state index in [1.165, 1.54) is 6.21 Å².